The number of hydrogen-bond donors (Lipinski definition) is 0. The molecule has 1 aromatic rings. The van der Waals surface area contributed by atoms with Crippen LogP contribution in [0.25, 0.3) is 5.57 Å². The topological polar surface area (TPSA) is 64.4 Å². The molecule has 0 radical (unpaired) electrons. The molecule has 148 valence electrons. The van der Waals surface area contributed by atoms with Crippen molar-refractivity contribution in [2.24, 2.45) is 0 Å². The molecular formula is C24H25N3O2. The van der Waals surface area contributed by atoms with Gasteiger partial charge in [-0.15, -0.1) is 0 Å². The Morgan fingerprint density at radius 2 is 1.86 bits per heavy atom. The largest absolute Gasteiger partial charge is 0.348 e. The summed E-state index contributed by atoms with van der Waals surface area (Å²) in [6.45, 7) is 6.95. The maximum atomic E-state index is 13.0. The molecule has 0 bridgehead atoms. The molecule has 0 N–H and O–H groups in total. The van der Waals surface area contributed by atoms with Crippen LogP contribution in [0.3, 0.4) is 0 Å². The summed E-state index contributed by atoms with van der Waals surface area (Å²) in [5.74, 6) is -0.824. The summed E-state index contributed by atoms with van der Waals surface area (Å²) in [7, 11) is 0. The number of unbranched alkanes of at least 4 members (excludes halogenated alkanes) is 1. The molecule has 0 fully saturated rings. The molecule has 2 aliphatic rings. The number of imide groups is 1. The second kappa shape index (κ2) is 8.74. The molecule has 0 saturated heterocycles. The standard InChI is InChI=1S/C24H25N3O2/c1-4-6-14-27-23(28)19(17(3)21(16-25)24(27)29)12-11-18-13-15-26(5-2)22-10-8-7-9-20(18)22/h7-13,15H,4-6,14H2,1-3H3/b18-11-,19-12-. The molecule has 0 atom stereocenters. The summed E-state index contributed by atoms with van der Waals surface area (Å²) >= 11 is 0. The number of nitriles is 1. The van der Waals surface area contributed by atoms with Crippen LogP contribution >= 0.6 is 0 Å². The van der Waals surface area contributed by atoms with Gasteiger partial charge in [-0.2, -0.15) is 5.26 Å². The van der Waals surface area contributed by atoms with Crippen molar-refractivity contribution in [3.63, 3.8) is 0 Å². The fourth-order valence-corrected chi connectivity index (χ4v) is 3.58. The van der Waals surface area contributed by atoms with E-state index < -0.39 is 5.91 Å². The van der Waals surface area contributed by atoms with Crippen molar-refractivity contribution < 1.29 is 9.59 Å². The van der Waals surface area contributed by atoms with E-state index in [0.717, 1.165) is 29.8 Å². The van der Waals surface area contributed by atoms with Crippen LogP contribution in [0.1, 0.15) is 39.2 Å². The summed E-state index contributed by atoms with van der Waals surface area (Å²) in [6.07, 6.45) is 9.24. The lowest BCUT2D eigenvalue weighted by molar-refractivity contribution is -0.140. The highest BCUT2D eigenvalue weighted by Crippen LogP contribution is 2.33. The van der Waals surface area contributed by atoms with E-state index in [-0.39, 0.29) is 11.5 Å². The zero-order chi connectivity index (χ0) is 21.0. The Hall–Kier alpha value is -3.39. The van der Waals surface area contributed by atoms with Gasteiger partial charge in [-0.3, -0.25) is 14.5 Å². The average Bonchev–Trinajstić information content (AvgIpc) is 2.74. The molecule has 2 amide bonds. The molecular weight excluding hydrogens is 362 g/mol. The highest BCUT2D eigenvalue weighted by molar-refractivity contribution is 6.18. The van der Waals surface area contributed by atoms with Crippen molar-refractivity contribution in [3.8, 4) is 6.07 Å². The number of benzene rings is 1. The van der Waals surface area contributed by atoms with Crippen LogP contribution in [-0.4, -0.2) is 29.8 Å². The molecule has 0 aromatic heterocycles. The molecule has 29 heavy (non-hydrogen) atoms. The van der Waals surface area contributed by atoms with Crippen molar-refractivity contribution in [3.05, 3.63) is 71.0 Å². The van der Waals surface area contributed by atoms with Gasteiger partial charge in [0.15, 0.2) is 0 Å². The fourth-order valence-electron chi connectivity index (χ4n) is 3.58. The van der Waals surface area contributed by atoms with E-state index in [4.69, 9.17) is 0 Å². The van der Waals surface area contributed by atoms with Gasteiger partial charge in [0, 0.05) is 36.1 Å². The lowest BCUT2D eigenvalue weighted by atomic mass is 9.93. The highest BCUT2D eigenvalue weighted by atomic mass is 16.2. The summed E-state index contributed by atoms with van der Waals surface area (Å²) in [5.41, 5.74) is 4.06. The van der Waals surface area contributed by atoms with E-state index in [9.17, 15) is 14.9 Å². The Balaban J connectivity index is 2.05. The van der Waals surface area contributed by atoms with Gasteiger partial charge < -0.3 is 4.90 Å². The van der Waals surface area contributed by atoms with E-state index in [1.54, 1.807) is 13.0 Å². The Kier molecular flexibility index (Phi) is 6.13. The molecule has 5 heteroatoms. The minimum atomic E-state index is -0.491. The number of carbonyl (C=O) groups excluding carboxylic acids is 2. The lowest BCUT2D eigenvalue weighted by Crippen LogP contribution is -2.43. The third-order valence-corrected chi connectivity index (χ3v) is 5.29. The number of fused-ring (bicyclic) bond motifs is 1. The first-order chi connectivity index (χ1) is 14.0. The number of hydrogen-bond acceptors (Lipinski definition) is 4. The van der Waals surface area contributed by atoms with Crippen LogP contribution in [0.2, 0.25) is 0 Å². The predicted molar refractivity (Wildman–Crippen MR) is 115 cm³/mol. The number of anilines is 1. The normalized spacial score (nSPS) is 19.2. The summed E-state index contributed by atoms with van der Waals surface area (Å²) in [6, 6.07) is 10.1. The Bertz CT molecular complexity index is 1010. The van der Waals surface area contributed by atoms with Crippen LogP contribution in [0.4, 0.5) is 5.69 Å². The Labute approximate surface area is 171 Å². The first kappa shape index (κ1) is 20.3. The maximum Gasteiger partial charge on any atom is 0.271 e. The molecule has 2 aliphatic heterocycles. The van der Waals surface area contributed by atoms with Crippen molar-refractivity contribution in [2.75, 3.05) is 18.0 Å². The fraction of sp³-hybridized carbons (Fsp3) is 0.292. The molecule has 3 rings (SSSR count). The van der Waals surface area contributed by atoms with Crippen molar-refractivity contribution in [1.82, 2.24) is 4.90 Å². The molecule has 0 unspecified atom stereocenters. The number of nitrogens with zero attached hydrogens (tertiary/aromatic N) is 3. The van der Waals surface area contributed by atoms with E-state index in [1.165, 1.54) is 4.90 Å². The van der Waals surface area contributed by atoms with Crippen LogP contribution in [0.5, 0.6) is 0 Å². The number of amides is 2. The van der Waals surface area contributed by atoms with Gasteiger partial charge in [0.2, 0.25) is 0 Å². The summed E-state index contributed by atoms with van der Waals surface area (Å²) in [5, 5.41) is 9.46. The Morgan fingerprint density at radius 3 is 2.55 bits per heavy atom. The number of rotatable bonds is 5. The SMILES string of the molecule is CCCCN1C(=O)C(C#N)=C(C)/C(=C/C=C2/C=CN(CC)c3ccccc32)C1=O. The zero-order valence-corrected chi connectivity index (χ0v) is 17.1. The van der Waals surface area contributed by atoms with Gasteiger partial charge in [0.25, 0.3) is 11.8 Å². The summed E-state index contributed by atoms with van der Waals surface area (Å²) < 4.78 is 0. The van der Waals surface area contributed by atoms with Gasteiger partial charge in [-0.25, -0.2) is 0 Å². The quantitative estimate of drug-likeness (QED) is 0.556. The third-order valence-electron chi connectivity index (χ3n) is 5.29. The van der Waals surface area contributed by atoms with Gasteiger partial charge in [-0.05, 0) is 49.6 Å². The maximum absolute atomic E-state index is 13.0. The summed E-state index contributed by atoms with van der Waals surface area (Å²) in [4.78, 5) is 28.9. The van der Waals surface area contributed by atoms with Crippen LogP contribution < -0.4 is 4.90 Å². The lowest BCUT2D eigenvalue weighted by Gasteiger charge is -2.27. The number of carbonyl (C=O) groups is 2. The van der Waals surface area contributed by atoms with Gasteiger partial charge in [0.05, 0.1) is 0 Å². The minimum Gasteiger partial charge on any atom is -0.348 e. The van der Waals surface area contributed by atoms with E-state index in [1.807, 2.05) is 43.5 Å². The Morgan fingerprint density at radius 1 is 1.10 bits per heavy atom. The number of para-hydroxylation sites is 1. The van der Waals surface area contributed by atoms with E-state index >= 15 is 0 Å². The van der Waals surface area contributed by atoms with Gasteiger partial charge >= 0.3 is 0 Å². The molecule has 0 saturated carbocycles. The van der Waals surface area contributed by atoms with Crippen LogP contribution in [0, 0.1) is 11.3 Å². The second-order valence-corrected chi connectivity index (χ2v) is 7.05. The molecule has 1 aromatic carbocycles. The third kappa shape index (κ3) is 3.79. The van der Waals surface area contributed by atoms with Crippen molar-refractivity contribution in [2.45, 2.75) is 33.6 Å². The predicted octanol–water partition coefficient (Wildman–Crippen LogP) is 4.36. The zero-order valence-electron chi connectivity index (χ0n) is 17.1. The monoisotopic (exact) mass is 387 g/mol. The van der Waals surface area contributed by atoms with Crippen LogP contribution in [0.15, 0.2) is 65.4 Å². The first-order valence-corrected chi connectivity index (χ1v) is 9.97. The van der Waals surface area contributed by atoms with Crippen molar-refractivity contribution in [1.29, 1.82) is 5.26 Å². The average molecular weight is 387 g/mol. The van der Waals surface area contributed by atoms with Crippen molar-refractivity contribution >= 4 is 23.1 Å². The highest BCUT2D eigenvalue weighted by Gasteiger charge is 2.34. The first-order valence-electron chi connectivity index (χ1n) is 9.97. The van der Waals surface area contributed by atoms with E-state index in [0.29, 0.717) is 24.1 Å². The number of allylic oxidation sites excluding steroid dienone is 4. The van der Waals surface area contributed by atoms with E-state index in [2.05, 4.69) is 24.0 Å². The minimum absolute atomic E-state index is 0.0436. The molecule has 5 nitrogen and oxygen atoms in total. The molecule has 2 heterocycles. The van der Waals surface area contributed by atoms with Crippen LogP contribution in [-0.2, 0) is 9.59 Å². The molecule has 0 spiro atoms. The second-order valence-electron chi connectivity index (χ2n) is 7.05. The molecule has 0 aliphatic carbocycles. The van der Waals surface area contributed by atoms with Gasteiger partial charge in [-0.1, -0.05) is 37.6 Å². The smallest absolute Gasteiger partial charge is 0.271 e. The van der Waals surface area contributed by atoms with Gasteiger partial charge in [0.1, 0.15) is 11.6 Å².